The van der Waals surface area contributed by atoms with Crippen molar-refractivity contribution in [3.8, 4) is 0 Å². The van der Waals surface area contributed by atoms with Crippen LogP contribution < -0.4 is 10.5 Å². The molecule has 0 bridgehead atoms. The second-order valence-corrected chi connectivity index (χ2v) is 7.02. The van der Waals surface area contributed by atoms with Crippen LogP contribution in [0.5, 0.6) is 0 Å². The Bertz CT molecular complexity index is 525. The maximum absolute atomic E-state index is 12.0. The minimum Gasteiger partial charge on any atom is -0.399 e. The highest BCUT2D eigenvalue weighted by Gasteiger charge is 2.24. The molecule has 100 valence electrons. The molecule has 0 atom stereocenters. The molecule has 3 N–H and O–H groups in total. The van der Waals surface area contributed by atoms with Gasteiger partial charge in [-0.1, -0.05) is 12.8 Å². The van der Waals surface area contributed by atoms with Gasteiger partial charge in [-0.05, 0) is 49.4 Å². The third kappa shape index (κ3) is 3.38. The van der Waals surface area contributed by atoms with Gasteiger partial charge in [-0.15, -0.1) is 0 Å². The first-order valence-corrected chi connectivity index (χ1v) is 7.90. The van der Waals surface area contributed by atoms with Gasteiger partial charge in [-0.2, -0.15) is 0 Å². The second kappa shape index (κ2) is 4.80. The van der Waals surface area contributed by atoms with Gasteiger partial charge < -0.3 is 5.73 Å². The summed E-state index contributed by atoms with van der Waals surface area (Å²) in [5, 5.41) is 0. The van der Waals surface area contributed by atoms with E-state index in [2.05, 4.69) is 4.72 Å². The fraction of sp³-hybridized carbons (Fsp3) is 0.538. The molecule has 0 radical (unpaired) electrons. The summed E-state index contributed by atoms with van der Waals surface area (Å²) in [5.74, 6) is 0.830. The summed E-state index contributed by atoms with van der Waals surface area (Å²) < 4.78 is 26.6. The molecule has 1 fully saturated rings. The number of nitrogen functional groups attached to an aromatic ring is 1. The van der Waals surface area contributed by atoms with E-state index in [0.717, 1.165) is 17.5 Å². The lowest BCUT2D eigenvalue weighted by Gasteiger charge is -2.14. The van der Waals surface area contributed by atoms with Gasteiger partial charge in [0.1, 0.15) is 0 Å². The van der Waals surface area contributed by atoms with Crippen LogP contribution in [0.15, 0.2) is 12.1 Å². The minimum absolute atomic E-state index is 0.209. The summed E-state index contributed by atoms with van der Waals surface area (Å²) in [6.45, 7) is 3.73. The first-order chi connectivity index (χ1) is 8.37. The van der Waals surface area contributed by atoms with Crippen LogP contribution in [0.2, 0.25) is 0 Å². The molecular weight excluding hydrogens is 248 g/mol. The molecule has 0 heterocycles. The zero-order valence-electron chi connectivity index (χ0n) is 10.9. The Morgan fingerprint density at radius 1 is 1.28 bits per heavy atom. The van der Waals surface area contributed by atoms with Crippen LogP contribution in [0.4, 0.5) is 11.4 Å². The van der Waals surface area contributed by atoms with E-state index in [1.165, 1.54) is 12.8 Å². The van der Waals surface area contributed by atoms with Crippen molar-refractivity contribution in [1.82, 2.24) is 0 Å². The number of hydrogen-bond acceptors (Lipinski definition) is 3. The molecule has 1 saturated carbocycles. The van der Waals surface area contributed by atoms with Crippen LogP contribution >= 0.6 is 0 Å². The average molecular weight is 268 g/mol. The number of aryl methyl sites for hydroxylation is 2. The molecule has 18 heavy (non-hydrogen) atoms. The first kappa shape index (κ1) is 13.2. The lowest BCUT2D eigenvalue weighted by Crippen LogP contribution is -2.18. The molecule has 1 aromatic carbocycles. The number of sulfonamides is 1. The number of nitrogens with one attached hydrogen (secondary N) is 1. The Kier molecular flexibility index (Phi) is 3.52. The van der Waals surface area contributed by atoms with Crippen molar-refractivity contribution >= 4 is 21.4 Å². The van der Waals surface area contributed by atoms with Crippen molar-refractivity contribution in [3.63, 3.8) is 0 Å². The van der Waals surface area contributed by atoms with Gasteiger partial charge in [0.25, 0.3) is 0 Å². The molecule has 0 saturated heterocycles. The Balaban J connectivity index is 2.12. The van der Waals surface area contributed by atoms with E-state index in [9.17, 15) is 8.42 Å². The van der Waals surface area contributed by atoms with E-state index in [0.29, 0.717) is 17.3 Å². The number of hydrogen-bond donors (Lipinski definition) is 2. The van der Waals surface area contributed by atoms with E-state index in [4.69, 9.17) is 5.73 Å². The normalized spacial score (nSPS) is 15.7. The van der Waals surface area contributed by atoms with Gasteiger partial charge in [0.15, 0.2) is 0 Å². The summed E-state index contributed by atoms with van der Waals surface area (Å²) in [4.78, 5) is 0. The molecule has 5 heteroatoms. The number of anilines is 2. The quantitative estimate of drug-likeness (QED) is 0.806. The highest BCUT2D eigenvalue weighted by atomic mass is 32.2. The summed E-state index contributed by atoms with van der Waals surface area (Å²) in [6.07, 6.45) is 3.12. The maximum Gasteiger partial charge on any atom is 0.232 e. The molecule has 4 nitrogen and oxygen atoms in total. The molecule has 1 aliphatic rings. The van der Waals surface area contributed by atoms with Crippen LogP contribution in [0.1, 0.15) is 30.4 Å². The van der Waals surface area contributed by atoms with Gasteiger partial charge in [0.2, 0.25) is 10.0 Å². The average Bonchev–Trinajstić information content (AvgIpc) is 3.04. The summed E-state index contributed by atoms with van der Waals surface area (Å²) in [5.41, 5.74) is 8.77. The summed E-state index contributed by atoms with van der Waals surface area (Å²) >= 11 is 0. The van der Waals surface area contributed by atoms with E-state index >= 15 is 0 Å². The van der Waals surface area contributed by atoms with Crippen molar-refractivity contribution in [2.45, 2.75) is 33.1 Å². The molecule has 0 spiro atoms. The first-order valence-electron chi connectivity index (χ1n) is 6.24. The number of benzene rings is 1. The summed E-state index contributed by atoms with van der Waals surface area (Å²) in [7, 11) is -3.24. The number of rotatable bonds is 5. The zero-order chi connectivity index (χ0) is 13.3. The van der Waals surface area contributed by atoms with Crippen molar-refractivity contribution in [1.29, 1.82) is 0 Å². The van der Waals surface area contributed by atoms with Crippen molar-refractivity contribution < 1.29 is 8.42 Å². The zero-order valence-corrected chi connectivity index (χ0v) is 11.7. The van der Waals surface area contributed by atoms with Gasteiger partial charge >= 0.3 is 0 Å². The fourth-order valence-electron chi connectivity index (χ4n) is 2.09. The largest absolute Gasteiger partial charge is 0.399 e. The highest BCUT2D eigenvalue weighted by molar-refractivity contribution is 7.92. The van der Waals surface area contributed by atoms with E-state index < -0.39 is 10.0 Å². The van der Waals surface area contributed by atoms with Crippen molar-refractivity contribution in [2.24, 2.45) is 5.92 Å². The third-order valence-corrected chi connectivity index (χ3v) is 4.59. The van der Waals surface area contributed by atoms with Gasteiger partial charge in [0.05, 0.1) is 11.4 Å². The van der Waals surface area contributed by atoms with E-state index in [1.54, 1.807) is 12.1 Å². The number of nitrogens with two attached hydrogens (primary N) is 1. The molecule has 1 aromatic rings. The van der Waals surface area contributed by atoms with Gasteiger partial charge in [-0.25, -0.2) is 8.42 Å². The molecule has 1 aliphatic carbocycles. The van der Waals surface area contributed by atoms with Crippen molar-refractivity contribution in [3.05, 3.63) is 23.3 Å². The molecule has 2 rings (SSSR count). The maximum atomic E-state index is 12.0. The van der Waals surface area contributed by atoms with Crippen LogP contribution in [0, 0.1) is 19.8 Å². The fourth-order valence-corrected chi connectivity index (χ4v) is 3.47. The summed E-state index contributed by atoms with van der Waals surface area (Å²) in [6, 6.07) is 3.57. The topological polar surface area (TPSA) is 72.2 Å². The predicted octanol–water partition coefficient (Wildman–Crippen LogP) is 2.43. The van der Waals surface area contributed by atoms with Crippen LogP contribution in [0.25, 0.3) is 0 Å². The smallest absolute Gasteiger partial charge is 0.232 e. The highest BCUT2D eigenvalue weighted by Crippen LogP contribution is 2.33. The molecular formula is C13H20N2O2S. The van der Waals surface area contributed by atoms with Crippen LogP contribution in [-0.2, 0) is 10.0 Å². The standard InChI is InChI=1S/C13H20N2O2S/c1-9-7-12(14)8-10(2)13(9)15-18(16,17)6-5-11-3-4-11/h7-8,11,15H,3-6,14H2,1-2H3. The van der Waals surface area contributed by atoms with Gasteiger partial charge in [-0.3, -0.25) is 4.72 Å². The van der Waals surface area contributed by atoms with E-state index in [-0.39, 0.29) is 5.75 Å². The second-order valence-electron chi connectivity index (χ2n) is 5.18. The lowest BCUT2D eigenvalue weighted by molar-refractivity contribution is 0.595. The van der Waals surface area contributed by atoms with Gasteiger partial charge in [0, 0.05) is 5.69 Å². The molecule has 0 aromatic heterocycles. The lowest BCUT2D eigenvalue weighted by atomic mass is 10.1. The van der Waals surface area contributed by atoms with Crippen LogP contribution in [-0.4, -0.2) is 14.2 Å². The Labute approximate surface area is 109 Å². The Morgan fingerprint density at radius 2 is 1.83 bits per heavy atom. The SMILES string of the molecule is Cc1cc(N)cc(C)c1NS(=O)(=O)CCC1CC1. The molecule has 0 amide bonds. The molecule has 0 aliphatic heterocycles. The Morgan fingerprint density at radius 3 is 2.33 bits per heavy atom. The predicted molar refractivity (Wildman–Crippen MR) is 75.1 cm³/mol. The third-order valence-electron chi connectivity index (χ3n) is 3.30. The molecule has 0 unspecified atom stereocenters. The van der Waals surface area contributed by atoms with Crippen molar-refractivity contribution in [2.75, 3.05) is 16.2 Å². The van der Waals surface area contributed by atoms with Crippen LogP contribution in [0.3, 0.4) is 0 Å². The Hall–Kier alpha value is -1.23. The van der Waals surface area contributed by atoms with E-state index in [1.807, 2.05) is 13.8 Å². The minimum atomic E-state index is -3.24. The monoisotopic (exact) mass is 268 g/mol.